The highest BCUT2D eigenvalue weighted by molar-refractivity contribution is 6.01. The van der Waals surface area contributed by atoms with Crippen molar-refractivity contribution in [1.82, 2.24) is 0 Å². The molecule has 0 aliphatic heterocycles. The maximum Gasteiger partial charge on any atom is 0.306 e. The van der Waals surface area contributed by atoms with E-state index in [0.717, 1.165) is 38.5 Å². The Hall–Kier alpha value is -1.64. The average molecular weight is 453 g/mol. The molecule has 0 amide bonds. The average Bonchev–Trinajstić information content (AvgIpc) is 3.12. The molecule has 3 saturated carbocycles. The molecule has 0 saturated heterocycles. The molecule has 6 atom stereocenters. The zero-order valence-electron chi connectivity index (χ0n) is 21.0. The molecule has 0 aromatic carbocycles. The molecule has 0 bridgehead atoms. The fourth-order valence-corrected chi connectivity index (χ4v) is 7.83. The number of hydrogen-bond donors (Lipinski definition) is 0. The molecular weight excluding hydrogens is 408 g/mol. The van der Waals surface area contributed by atoms with Crippen LogP contribution >= 0.6 is 0 Å². The molecule has 3 heteroatoms. The molecule has 3 nitrogen and oxygen atoms in total. The minimum absolute atomic E-state index is 0.0187. The van der Waals surface area contributed by atoms with Crippen molar-refractivity contribution in [2.75, 3.05) is 0 Å². The van der Waals surface area contributed by atoms with Gasteiger partial charge in [0.05, 0.1) is 0 Å². The number of ketones is 1. The lowest BCUT2D eigenvalue weighted by atomic mass is 9.48. The first-order valence-electron chi connectivity index (χ1n) is 13.6. The number of rotatable bonds is 10. The summed E-state index contributed by atoms with van der Waals surface area (Å²) >= 11 is 0. The third-order valence-electron chi connectivity index (χ3n) is 9.78. The Balaban J connectivity index is 1.28. The Morgan fingerprint density at radius 3 is 2.61 bits per heavy atom. The van der Waals surface area contributed by atoms with Crippen LogP contribution in [0.5, 0.6) is 0 Å². The van der Waals surface area contributed by atoms with Crippen molar-refractivity contribution in [3.63, 3.8) is 0 Å². The number of fused-ring (bicyclic) bond motifs is 5. The maximum absolute atomic E-state index is 12.7. The topological polar surface area (TPSA) is 43.4 Å². The van der Waals surface area contributed by atoms with E-state index in [2.05, 4.69) is 26.5 Å². The maximum atomic E-state index is 12.7. The number of hydrogen-bond acceptors (Lipinski definition) is 3. The van der Waals surface area contributed by atoms with Gasteiger partial charge in [0, 0.05) is 17.3 Å². The van der Waals surface area contributed by atoms with E-state index in [9.17, 15) is 9.59 Å². The molecule has 0 radical (unpaired) electrons. The highest BCUT2D eigenvalue weighted by Gasteiger charge is 2.59. The van der Waals surface area contributed by atoms with Crippen LogP contribution in [0.1, 0.15) is 104 Å². The Morgan fingerprint density at radius 2 is 1.82 bits per heavy atom. The molecule has 0 spiro atoms. The number of carbonyl (C=O) groups is 2. The van der Waals surface area contributed by atoms with Gasteiger partial charge in [-0.25, -0.2) is 0 Å². The number of ether oxygens (including phenoxy) is 1. The lowest BCUT2D eigenvalue weighted by Crippen LogP contribution is -2.51. The highest BCUT2D eigenvalue weighted by atomic mass is 16.5. The van der Waals surface area contributed by atoms with Crippen LogP contribution in [0.25, 0.3) is 0 Å². The standard InChI is InChI=1S/C30H44O3/c1-4-5-6-7-8-9-10-11-12-28(32)33-27-16-15-25-24-14-13-22-21-23(31)17-19-29(22,2)26(24)18-20-30(25,27)3/h4,17,19,21,24-27H,1,5-16,18,20H2,2-3H3/t24-,25-,26-,27-,29-,30-/m0/s1. The molecule has 4 aliphatic carbocycles. The first-order valence-corrected chi connectivity index (χ1v) is 13.6. The van der Waals surface area contributed by atoms with Crippen molar-refractivity contribution in [2.45, 2.75) is 110 Å². The van der Waals surface area contributed by atoms with Crippen molar-refractivity contribution in [1.29, 1.82) is 0 Å². The minimum atomic E-state index is 0.0187. The summed E-state index contributed by atoms with van der Waals surface area (Å²) in [4.78, 5) is 24.6. The Kier molecular flexibility index (Phi) is 7.66. The SMILES string of the molecule is C=CCCCCCCCCC(=O)O[C@H]1CC[C@H]2[C@@H]3CCC4=CC(=O)C=C[C@]4(C)[C@H]3CC[C@]12C. The van der Waals surface area contributed by atoms with Crippen molar-refractivity contribution in [2.24, 2.45) is 28.6 Å². The minimum Gasteiger partial charge on any atom is -0.462 e. The van der Waals surface area contributed by atoms with E-state index < -0.39 is 0 Å². The van der Waals surface area contributed by atoms with Gasteiger partial charge in [0.2, 0.25) is 0 Å². The molecule has 0 N–H and O–H groups in total. The van der Waals surface area contributed by atoms with E-state index in [1.54, 1.807) is 6.08 Å². The molecule has 0 heterocycles. The van der Waals surface area contributed by atoms with Crippen LogP contribution in [0.3, 0.4) is 0 Å². The lowest BCUT2D eigenvalue weighted by molar-refractivity contribution is -0.159. The van der Waals surface area contributed by atoms with Crippen molar-refractivity contribution in [3.05, 3.63) is 36.5 Å². The normalized spacial score (nSPS) is 37.0. The quantitative estimate of drug-likeness (QED) is 0.196. The first-order chi connectivity index (χ1) is 15.9. The summed E-state index contributed by atoms with van der Waals surface area (Å²) in [6.45, 7) is 8.53. The number of unbranched alkanes of at least 4 members (excludes halogenated alkanes) is 6. The van der Waals surface area contributed by atoms with Gasteiger partial charge in [0.25, 0.3) is 0 Å². The molecule has 4 aliphatic rings. The largest absolute Gasteiger partial charge is 0.462 e. The Labute approximate surface area is 201 Å². The fourth-order valence-electron chi connectivity index (χ4n) is 7.83. The van der Waals surface area contributed by atoms with E-state index in [-0.39, 0.29) is 28.7 Å². The van der Waals surface area contributed by atoms with Gasteiger partial charge < -0.3 is 4.74 Å². The number of carbonyl (C=O) groups excluding carboxylic acids is 2. The molecule has 4 rings (SSSR count). The van der Waals surface area contributed by atoms with Gasteiger partial charge in [0.15, 0.2) is 5.78 Å². The molecule has 33 heavy (non-hydrogen) atoms. The number of allylic oxidation sites excluding steroid dienone is 5. The van der Waals surface area contributed by atoms with E-state index >= 15 is 0 Å². The summed E-state index contributed by atoms with van der Waals surface area (Å²) in [5, 5.41) is 0. The fraction of sp³-hybridized carbons (Fsp3) is 0.733. The zero-order valence-corrected chi connectivity index (χ0v) is 21.0. The molecule has 0 aromatic heterocycles. The van der Waals surface area contributed by atoms with Gasteiger partial charge >= 0.3 is 5.97 Å². The van der Waals surface area contributed by atoms with Crippen molar-refractivity contribution >= 4 is 11.8 Å². The smallest absolute Gasteiger partial charge is 0.306 e. The van der Waals surface area contributed by atoms with E-state index in [0.29, 0.717) is 24.2 Å². The summed E-state index contributed by atoms with van der Waals surface area (Å²) in [5.74, 6) is 2.09. The van der Waals surface area contributed by atoms with Gasteiger partial charge in [-0.3, -0.25) is 9.59 Å². The van der Waals surface area contributed by atoms with Gasteiger partial charge in [-0.1, -0.05) is 57.3 Å². The summed E-state index contributed by atoms with van der Waals surface area (Å²) in [7, 11) is 0. The monoisotopic (exact) mass is 452 g/mol. The van der Waals surface area contributed by atoms with Crippen LogP contribution in [-0.2, 0) is 14.3 Å². The van der Waals surface area contributed by atoms with Crippen LogP contribution in [0.4, 0.5) is 0 Å². The molecular formula is C30H44O3. The van der Waals surface area contributed by atoms with E-state index in [1.807, 2.05) is 12.2 Å². The van der Waals surface area contributed by atoms with Gasteiger partial charge in [-0.05, 0) is 87.7 Å². The van der Waals surface area contributed by atoms with Crippen LogP contribution in [0.2, 0.25) is 0 Å². The predicted molar refractivity (Wildman–Crippen MR) is 134 cm³/mol. The van der Waals surface area contributed by atoms with Gasteiger partial charge in [-0.2, -0.15) is 0 Å². The number of esters is 1. The van der Waals surface area contributed by atoms with Gasteiger partial charge in [-0.15, -0.1) is 6.58 Å². The van der Waals surface area contributed by atoms with Crippen LogP contribution < -0.4 is 0 Å². The van der Waals surface area contributed by atoms with E-state index in [4.69, 9.17) is 4.74 Å². The van der Waals surface area contributed by atoms with Crippen LogP contribution in [-0.4, -0.2) is 17.9 Å². The van der Waals surface area contributed by atoms with Crippen molar-refractivity contribution < 1.29 is 14.3 Å². The van der Waals surface area contributed by atoms with Crippen LogP contribution in [0.15, 0.2) is 36.5 Å². The highest BCUT2D eigenvalue weighted by Crippen LogP contribution is 2.64. The van der Waals surface area contributed by atoms with Crippen molar-refractivity contribution in [3.8, 4) is 0 Å². The third kappa shape index (κ3) is 4.93. The Morgan fingerprint density at radius 1 is 1.06 bits per heavy atom. The Bertz CT molecular complexity index is 807. The summed E-state index contributed by atoms with van der Waals surface area (Å²) in [6, 6.07) is 0. The molecule has 182 valence electrons. The molecule has 0 unspecified atom stereocenters. The second kappa shape index (κ2) is 10.3. The molecule has 3 fully saturated rings. The summed E-state index contributed by atoms with van der Waals surface area (Å²) in [5.41, 5.74) is 1.51. The zero-order chi connectivity index (χ0) is 23.5. The third-order valence-corrected chi connectivity index (χ3v) is 9.78. The molecule has 0 aromatic rings. The van der Waals surface area contributed by atoms with Crippen LogP contribution in [0, 0.1) is 28.6 Å². The van der Waals surface area contributed by atoms with Gasteiger partial charge in [0.1, 0.15) is 6.10 Å². The second-order valence-electron chi connectivity index (χ2n) is 11.7. The predicted octanol–water partition coefficient (Wildman–Crippen LogP) is 7.51. The summed E-state index contributed by atoms with van der Waals surface area (Å²) in [6.07, 6.45) is 23.4. The second-order valence-corrected chi connectivity index (χ2v) is 11.7. The summed E-state index contributed by atoms with van der Waals surface area (Å²) < 4.78 is 6.15. The lowest BCUT2D eigenvalue weighted by Gasteiger charge is -2.56. The first kappa shape index (κ1) is 24.5. The van der Waals surface area contributed by atoms with E-state index in [1.165, 1.54) is 50.5 Å².